The molecule has 0 aromatic heterocycles. The standard InChI is InChI=1S/2C13H21NO4/c2*1-8(15)10-6-14(7-11(10)9(2)16)12(17)18-13(3,4)5/h2*10-11H,6-7H2,1-5H3/t2*10-,11-/m11/s1. The predicted octanol–water partition coefficient (Wildman–Crippen LogP) is 3.30. The van der Waals surface area contributed by atoms with Crippen molar-refractivity contribution in [2.45, 2.75) is 80.4 Å². The van der Waals surface area contributed by atoms with E-state index < -0.39 is 47.1 Å². The molecule has 0 aromatic rings. The number of hydrogen-bond donors (Lipinski definition) is 0. The van der Waals surface area contributed by atoms with Gasteiger partial charge in [0.05, 0.1) is 0 Å². The van der Waals surface area contributed by atoms with Crippen LogP contribution in [0.3, 0.4) is 0 Å². The van der Waals surface area contributed by atoms with Gasteiger partial charge in [0.25, 0.3) is 0 Å². The summed E-state index contributed by atoms with van der Waals surface area (Å²) in [6, 6.07) is 0. The minimum absolute atomic E-state index is 0.0544. The van der Waals surface area contributed by atoms with Crippen LogP contribution in [-0.4, -0.2) is 82.5 Å². The summed E-state index contributed by atoms with van der Waals surface area (Å²) < 4.78 is 10.5. The second-order valence-electron chi connectivity index (χ2n) is 11.6. The third-order valence-corrected chi connectivity index (χ3v) is 6.03. The van der Waals surface area contributed by atoms with Crippen LogP contribution in [0.2, 0.25) is 0 Å². The van der Waals surface area contributed by atoms with E-state index in [1.54, 1.807) is 41.5 Å². The normalized spacial score (nSPS) is 23.9. The first-order chi connectivity index (χ1) is 16.2. The van der Waals surface area contributed by atoms with Gasteiger partial charge in [-0.25, -0.2) is 9.59 Å². The van der Waals surface area contributed by atoms with E-state index in [0.29, 0.717) is 0 Å². The van der Waals surface area contributed by atoms with Crippen LogP contribution in [0.5, 0.6) is 0 Å². The number of carbonyl (C=O) groups excluding carboxylic acids is 6. The lowest BCUT2D eigenvalue weighted by molar-refractivity contribution is -0.128. The van der Waals surface area contributed by atoms with Crippen LogP contribution in [0, 0.1) is 23.7 Å². The van der Waals surface area contributed by atoms with Gasteiger partial charge in [-0.15, -0.1) is 0 Å². The number of likely N-dealkylation sites (tertiary alicyclic amines) is 2. The minimum atomic E-state index is -0.572. The Bertz CT molecular complexity index is 767. The topological polar surface area (TPSA) is 127 Å². The number of amides is 2. The fraction of sp³-hybridized carbons (Fsp3) is 0.769. The first kappa shape index (κ1) is 31.3. The van der Waals surface area contributed by atoms with E-state index in [-0.39, 0.29) is 49.3 Å². The van der Waals surface area contributed by atoms with Crippen molar-refractivity contribution in [1.29, 1.82) is 0 Å². The lowest BCUT2D eigenvalue weighted by Gasteiger charge is -2.24. The van der Waals surface area contributed by atoms with E-state index in [4.69, 9.17) is 9.47 Å². The van der Waals surface area contributed by atoms with Crippen molar-refractivity contribution < 1.29 is 38.2 Å². The second kappa shape index (κ2) is 12.0. The highest BCUT2D eigenvalue weighted by atomic mass is 16.6. The average molecular weight is 511 g/mol. The summed E-state index contributed by atoms with van der Waals surface area (Å²) in [6.45, 7) is 17.6. The van der Waals surface area contributed by atoms with Crippen LogP contribution in [-0.2, 0) is 28.7 Å². The van der Waals surface area contributed by atoms with E-state index in [1.165, 1.54) is 37.5 Å². The molecule has 0 N–H and O–H groups in total. The number of Topliss-reactive ketones (excluding diaryl/α,β-unsaturated/α-hetero) is 4. The third kappa shape index (κ3) is 9.35. The van der Waals surface area contributed by atoms with Crippen molar-refractivity contribution >= 4 is 35.3 Å². The number of nitrogens with zero attached hydrogens (tertiary/aromatic N) is 2. The Morgan fingerprint density at radius 1 is 0.500 bits per heavy atom. The first-order valence-corrected chi connectivity index (χ1v) is 12.2. The Kier molecular flexibility index (Phi) is 10.4. The van der Waals surface area contributed by atoms with E-state index >= 15 is 0 Å². The quantitative estimate of drug-likeness (QED) is 0.564. The molecule has 0 saturated carbocycles. The maximum absolute atomic E-state index is 11.9. The molecular weight excluding hydrogens is 468 g/mol. The molecule has 2 aliphatic rings. The molecule has 0 spiro atoms. The van der Waals surface area contributed by atoms with Crippen molar-refractivity contribution in [3.8, 4) is 0 Å². The summed E-state index contributed by atoms with van der Waals surface area (Å²) in [7, 11) is 0. The highest BCUT2D eigenvalue weighted by molar-refractivity contribution is 5.90. The average Bonchev–Trinajstić information content (AvgIpc) is 3.31. The summed E-state index contributed by atoms with van der Waals surface area (Å²) in [5, 5.41) is 0. The van der Waals surface area contributed by atoms with Gasteiger partial charge < -0.3 is 19.3 Å². The van der Waals surface area contributed by atoms with E-state index in [2.05, 4.69) is 0 Å². The summed E-state index contributed by atoms with van der Waals surface area (Å²) in [4.78, 5) is 72.6. The molecule has 4 atom stereocenters. The van der Waals surface area contributed by atoms with Gasteiger partial charge in [-0.05, 0) is 69.2 Å². The van der Waals surface area contributed by atoms with Crippen LogP contribution in [0.15, 0.2) is 0 Å². The molecule has 2 rings (SSSR count). The summed E-state index contributed by atoms with van der Waals surface area (Å²) in [6.07, 6.45) is -0.921. The zero-order chi connectivity index (χ0) is 28.2. The summed E-state index contributed by atoms with van der Waals surface area (Å²) >= 11 is 0. The number of ketones is 4. The predicted molar refractivity (Wildman–Crippen MR) is 132 cm³/mol. The van der Waals surface area contributed by atoms with Gasteiger partial charge >= 0.3 is 12.2 Å². The van der Waals surface area contributed by atoms with Gasteiger partial charge in [0.1, 0.15) is 34.3 Å². The van der Waals surface area contributed by atoms with Crippen molar-refractivity contribution in [2.75, 3.05) is 26.2 Å². The van der Waals surface area contributed by atoms with Gasteiger partial charge in [0.15, 0.2) is 0 Å². The van der Waals surface area contributed by atoms with Crippen LogP contribution in [0.25, 0.3) is 0 Å². The lowest BCUT2D eigenvalue weighted by Crippen LogP contribution is -2.36. The Balaban J connectivity index is 0.000000360. The first-order valence-electron chi connectivity index (χ1n) is 12.2. The number of carbonyl (C=O) groups is 6. The lowest BCUT2D eigenvalue weighted by atomic mass is 9.90. The molecule has 10 heteroatoms. The molecule has 2 heterocycles. The zero-order valence-electron chi connectivity index (χ0n) is 23.3. The highest BCUT2D eigenvalue weighted by Crippen LogP contribution is 2.27. The minimum Gasteiger partial charge on any atom is -0.444 e. The van der Waals surface area contributed by atoms with Crippen LogP contribution >= 0.6 is 0 Å². The Morgan fingerprint density at radius 3 is 0.833 bits per heavy atom. The molecule has 2 fully saturated rings. The number of hydrogen-bond acceptors (Lipinski definition) is 8. The third-order valence-electron chi connectivity index (χ3n) is 6.03. The molecule has 2 aliphatic heterocycles. The molecular formula is C26H42N2O8. The number of ether oxygens (including phenoxy) is 2. The summed E-state index contributed by atoms with van der Waals surface area (Å²) in [5.74, 6) is -1.79. The molecule has 0 radical (unpaired) electrons. The molecule has 0 aliphatic carbocycles. The molecule has 2 saturated heterocycles. The van der Waals surface area contributed by atoms with Crippen LogP contribution < -0.4 is 0 Å². The fourth-order valence-corrected chi connectivity index (χ4v) is 4.21. The molecule has 0 bridgehead atoms. The Hall–Kier alpha value is -2.78. The van der Waals surface area contributed by atoms with Gasteiger partial charge in [-0.3, -0.25) is 19.2 Å². The van der Waals surface area contributed by atoms with Gasteiger partial charge in [0.2, 0.25) is 0 Å². The van der Waals surface area contributed by atoms with Crippen molar-refractivity contribution in [2.24, 2.45) is 23.7 Å². The van der Waals surface area contributed by atoms with Crippen LogP contribution in [0.1, 0.15) is 69.2 Å². The molecule has 2 amide bonds. The second-order valence-corrected chi connectivity index (χ2v) is 11.6. The summed E-state index contributed by atoms with van der Waals surface area (Å²) in [5.41, 5.74) is -1.14. The van der Waals surface area contributed by atoms with Gasteiger partial charge in [-0.2, -0.15) is 0 Å². The van der Waals surface area contributed by atoms with E-state index in [0.717, 1.165) is 0 Å². The molecule has 204 valence electrons. The SMILES string of the molecule is CC(=O)[C@H]1CN(C(=O)OC(C)(C)C)C[C@@H]1C(C)=O.CC(=O)[C@H]1CN(C(=O)OC(C)(C)C)C[C@@H]1C(C)=O. The van der Waals surface area contributed by atoms with Crippen molar-refractivity contribution in [3.05, 3.63) is 0 Å². The molecule has 0 unspecified atom stereocenters. The fourth-order valence-electron chi connectivity index (χ4n) is 4.21. The largest absolute Gasteiger partial charge is 0.444 e. The maximum atomic E-state index is 11.9. The Morgan fingerprint density at radius 2 is 0.694 bits per heavy atom. The van der Waals surface area contributed by atoms with E-state index in [1.807, 2.05) is 0 Å². The monoisotopic (exact) mass is 510 g/mol. The van der Waals surface area contributed by atoms with Crippen molar-refractivity contribution in [1.82, 2.24) is 9.80 Å². The Labute approximate surface area is 214 Å². The zero-order valence-corrected chi connectivity index (χ0v) is 23.3. The highest BCUT2D eigenvalue weighted by Gasteiger charge is 2.42. The van der Waals surface area contributed by atoms with Gasteiger partial charge in [-0.1, -0.05) is 0 Å². The van der Waals surface area contributed by atoms with Gasteiger partial charge in [0, 0.05) is 49.9 Å². The maximum Gasteiger partial charge on any atom is 0.410 e. The van der Waals surface area contributed by atoms with Crippen molar-refractivity contribution in [3.63, 3.8) is 0 Å². The smallest absolute Gasteiger partial charge is 0.410 e. The van der Waals surface area contributed by atoms with Crippen LogP contribution in [0.4, 0.5) is 9.59 Å². The molecule has 0 aromatic carbocycles. The number of rotatable bonds is 4. The molecule has 36 heavy (non-hydrogen) atoms. The molecule has 10 nitrogen and oxygen atoms in total. The van der Waals surface area contributed by atoms with E-state index in [9.17, 15) is 28.8 Å².